The van der Waals surface area contributed by atoms with Crippen molar-refractivity contribution >= 4 is 5.97 Å². The zero-order valence-corrected chi connectivity index (χ0v) is 11.0. The number of esters is 1. The van der Waals surface area contributed by atoms with Gasteiger partial charge in [-0.25, -0.2) is 0 Å². The predicted molar refractivity (Wildman–Crippen MR) is 68.8 cm³/mol. The first-order chi connectivity index (χ1) is 8.58. The fourth-order valence-electron chi connectivity index (χ4n) is 2.31. The first kappa shape index (κ1) is 12.9. The molecule has 1 aromatic carbocycles. The molecule has 0 radical (unpaired) electrons. The number of ether oxygens (including phenoxy) is 2. The lowest BCUT2D eigenvalue weighted by molar-refractivity contribution is -0.142. The van der Waals surface area contributed by atoms with E-state index in [1.807, 2.05) is 26.0 Å². The van der Waals surface area contributed by atoms with Crippen LogP contribution in [-0.4, -0.2) is 31.8 Å². The van der Waals surface area contributed by atoms with E-state index in [1.165, 1.54) is 18.2 Å². The Morgan fingerprint density at radius 2 is 1.94 bits per heavy atom. The number of nitrogens with one attached hydrogen (secondary N) is 1. The molecule has 4 nitrogen and oxygen atoms in total. The van der Waals surface area contributed by atoms with E-state index in [4.69, 9.17) is 9.47 Å². The summed E-state index contributed by atoms with van der Waals surface area (Å²) in [4.78, 5) is 11.4. The first-order valence-corrected chi connectivity index (χ1v) is 6.14. The van der Waals surface area contributed by atoms with Crippen LogP contribution in [0.25, 0.3) is 0 Å². The fraction of sp³-hybridized carbons (Fsp3) is 0.500. The Morgan fingerprint density at radius 3 is 2.56 bits per heavy atom. The minimum absolute atomic E-state index is 0.0234. The van der Waals surface area contributed by atoms with Crippen molar-refractivity contribution in [1.29, 1.82) is 0 Å². The molecule has 1 heterocycles. The number of hydrogen-bond donors (Lipinski definition) is 1. The maximum absolute atomic E-state index is 11.4. The smallest absolute Gasteiger partial charge is 0.323 e. The molecule has 0 bridgehead atoms. The summed E-state index contributed by atoms with van der Waals surface area (Å²) in [6.07, 6.45) is 0.676. The Hall–Kier alpha value is -1.55. The molecule has 2 atom stereocenters. The van der Waals surface area contributed by atoms with Crippen molar-refractivity contribution in [2.24, 2.45) is 0 Å². The van der Waals surface area contributed by atoms with Crippen LogP contribution < -0.4 is 10.1 Å². The highest BCUT2D eigenvalue weighted by atomic mass is 16.5. The first-order valence-electron chi connectivity index (χ1n) is 6.14. The molecule has 2 rings (SSSR count). The van der Waals surface area contributed by atoms with Crippen LogP contribution in [-0.2, 0) is 9.53 Å². The summed E-state index contributed by atoms with van der Waals surface area (Å²) in [5, 5.41) is 3.11. The Bertz CT molecular complexity index is 424. The summed E-state index contributed by atoms with van der Waals surface area (Å²) in [6, 6.07) is 5.89. The monoisotopic (exact) mass is 249 g/mol. The molecule has 98 valence electrons. The normalized spacial score (nSPS) is 22.8. The zero-order chi connectivity index (χ0) is 13.1. The maximum Gasteiger partial charge on any atom is 0.323 e. The van der Waals surface area contributed by atoms with Gasteiger partial charge in [0.1, 0.15) is 17.9 Å². The topological polar surface area (TPSA) is 47.6 Å². The summed E-state index contributed by atoms with van der Waals surface area (Å²) in [5.41, 5.74) is 2.36. The minimum atomic E-state index is -0.245. The molecule has 0 spiro atoms. The molecule has 1 saturated heterocycles. The SMILES string of the molecule is COC(=O)[C@H]1C[C@@H](Oc2cc(C)cc(C)c2)CN1. The van der Waals surface area contributed by atoms with E-state index in [0.717, 1.165) is 5.75 Å². The van der Waals surface area contributed by atoms with Crippen LogP contribution in [0.2, 0.25) is 0 Å². The number of benzene rings is 1. The average molecular weight is 249 g/mol. The number of carbonyl (C=O) groups excluding carboxylic acids is 1. The largest absolute Gasteiger partial charge is 0.489 e. The van der Waals surface area contributed by atoms with Crippen molar-refractivity contribution in [1.82, 2.24) is 5.32 Å². The van der Waals surface area contributed by atoms with Crippen molar-refractivity contribution in [2.75, 3.05) is 13.7 Å². The van der Waals surface area contributed by atoms with Crippen LogP contribution in [0.5, 0.6) is 5.75 Å². The van der Waals surface area contributed by atoms with E-state index in [2.05, 4.69) is 11.4 Å². The fourth-order valence-corrected chi connectivity index (χ4v) is 2.31. The Labute approximate surface area is 107 Å². The molecule has 0 aliphatic carbocycles. The second-order valence-corrected chi connectivity index (χ2v) is 4.78. The summed E-state index contributed by atoms with van der Waals surface area (Å²) in [5.74, 6) is 0.645. The van der Waals surface area contributed by atoms with Crippen molar-refractivity contribution in [3.8, 4) is 5.75 Å². The van der Waals surface area contributed by atoms with Crippen molar-refractivity contribution in [3.05, 3.63) is 29.3 Å². The Balaban J connectivity index is 1.97. The zero-order valence-electron chi connectivity index (χ0n) is 11.0. The molecule has 1 aromatic rings. The maximum atomic E-state index is 11.4. The van der Waals surface area contributed by atoms with Gasteiger partial charge in [-0.1, -0.05) is 6.07 Å². The number of hydrogen-bond acceptors (Lipinski definition) is 4. The van der Waals surface area contributed by atoms with Crippen molar-refractivity contribution in [3.63, 3.8) is 0 Å². The van der Waals surface area contributed by atoms with Gasteiger partial charge in [0, 0.05) is 13.0 Å². The molecule has 18 heavy (non-hydrogen) atoms. The van der Waals surface area contributed by atoms with E-state index >= 15 is 0 Å². The molecule has 1 aliphatic heterocycles. The number of carbonyl (C=O) groups is 1. The second kappa shape index (κ2) is 5.40. The molecule has 0 saturated carbocycles. The summed E-state index contributed by atoms with van der Waals surface area (Å²) >= 11 is 0. The van der Waals surface area contributed by atoms with Gasteiger partial charge < -0.3 is 14.8 Å². The van der Waals surface area contributed by atoms with Crippen LogP contribution in [0, 0.1) is 13.8 Å². The lowest BCUT2D eigenvalue weighted by Gasteiger charge is -2.14. The third kappa shape index (κ3) is 3.01. The van der Waals surface area contributed by atoms with Gasteiger partial charge in [-0.15, -0.1) is 0 Å². The molecule has 1 N–H and O–H groups in total. The summed E-state index contributed by atoms with van der Waals surface area (Å²) < 4.78 is 10.6. The van der Waals surface area contributed by atoms with Crippen LogP contribution in [0.1, 0.15) is 17.5 Å². The highest BCUT2D eigenvalue weighted by Gasteiger charge is 2.31. The van der Waals surface area contributed by atoms with E-state index in [0.29, 0.717) is 13.0 Å². The van der Waals surface area contributed by atoms with Crippen LogP contribution in [0.3, 0.4) is 0 Å². The molecular weight excluding hydrogens is 230 g/mol. The Morgan fingerprint density at radius 1 is 1.28 bits per heavy atom. The quantitative estimate of drug-likeness (QED) is 0.826. The molecule has 1 fully saturated rings. The van der Waals surface area contributed by atoms with Gasteiger partial charge >= 0.3 is 5.97 Å². The molecule has 1 aliphatic rings. The van der Waals surface area contributed by atoms with Gasteiger partial charge in [0.25, 0.3) is 0 Å². The molecular formula is C14H19NO3. The van der Waals surface area contributed by atoms with Gasteiger partial charge in [-0.3, -0.25) is 4.79 Å². The minimum Gasteiger partial charge on any atom is -0.489 e. The molecule has 4 heteroatoms. The second-order valence-electron chi connectivity index (χ2n) is 4.78. The molecule has 0 amide bonds. The molecule has 0 unspecified atom stereocenters. The number of rotatable bonds is 3. The predicted octanol–water partition coefficient (Wildman–Crippen LogP) is 1.59. The third-order valence-corrected chi connectivity index (χ3v) is 3.07. The highest BCUT2D eigenvalue weighted by molar-refractivity contribution is 5.76. The van der Waals surface area contributed by atoms with E-state index < -0.39 is 0 Å². The van der Waals surface area contributed by atoms with Crippen LogP contribution >= 0.6 is 0 Å². The highest BCUT2D eigenvalue weighted by Crippen LogP contribution is 2.20. The van der Waals surface area contributed by atoms with E-state index in [1.54, 1.807) is 0 Å². The molecule has 0 aromatic heterocycles. The standard InChI is InChI=1S/C14H19NO3/c1-9-4-10(2)6-11(5-9)18-12-7-13(15-8-12)14(16)17-3/h4-6,12-13,15H,7-8H2,1-3H3/t12-,13-/m1/s1. The van der Waals surface area contributed by atoms with E-state index in [9.17, 15) is 4.79 Å². The van der Waals surface area contributed by atoms with Crippen LogP contribution in [0.15, 0.2) is 18.2 Å². The van der Waals surface area contributed by atoms with Gasteiger partial charge in [0.15, 0.2) is 0 Å². The van der Waals surface area contributed by atoms with Gasteiger partial charge in [0.2, 0.25) is 0 Å². The summed E-state index contributed by atoms with van der Waals surface area (Å²) in [7, 11) is 1.40. The lowest BCUT2D eigenvalue weighted by Crippen LogP contribution is -2.31. The summed E-state index contributed by atoms with van der Waals surface area (Å²) in [6.45, 7) is 4.76. The van der Waals surface area contributed by atoms with Gasteiger partial charge in [0.05, 0.1) is 7.11 Å². The lowest BCUT2D eigenvalue weighted by atomic mass is 10.1. The van der Waals surface area contributed by atoms with Crippen molar-refractivity contribution < 1.29 is 14.3 Å². The van der Waals surface area contributed by atoms with Crippen LogP contribution in [0.4, 0.5) is 0 Å². The third-order valence-electron chi connectivity index (χ3n) is 3.07. The number of methoxy groups -OCH3 is 1. The van der Waals surface area contributed by atoms with E-state index in [-0.39, 0.29) is 18.1 Å². The van der Waals surface area contributed by atoms with Gasteiger partial charge in [-0.2, -0.15) is 0 Å². The average Bonchev–Trinajstić information content (AvgIpc) is 2.75. The van der Waals surface area contributed by atoms with Crippen molar-refractivity contribution in [2.45, 2.75) is 32.4 Å². The number of aryl methyl sites for hydroxylation is 2. The van der Waals surface area contributed by atoms with Gasteiger partial charge in [-0.05, 0) is 37.1 Å². The Kier molecular flexibility index (Phi) is 3.87.